The van der Waals surface area contributed by atoms with E-state index in [4.69, 9.17) is 0 Å². The van der Waals surface area contributed by atoms with Crippen LogP contribution in [0.25, 0.3) is 22.6 Å². The van der Waals surface area contributed by atoms with Crippen LogP contribution in [0.1, 0.15) is 5.69 Å². The lowest BCUT2D eigenvalue weighted by atomic mass is 10.2. The molecule has 0 fully saturated rings. The Morgan fingerprint density at radius 2 is 1.78 bits per heavy atom. The second-order valence-electron chi connectivity index (χ2n) is 4.02. The zero-order chi connectivity index (χ0) is 12.7. The minimum Gasteiger partial charge on any atom is -0.337 e. The van der Waals surface area contributed by atoms with E-state index in [0.717, 1.165) is 37.2 Å². The van der Waals surface area contributed by atoms with Gasteiger partial charge in [-0.15, -0.1) is 0 Å². The standard InChI is InChI=1S/C13H9Br2N3/c1-7-10(15)6-11-13(16-7)18-12(17-11)8-2-4-9(14)5-3-8/h2-6H,1H3,(H,16,17,18). The Labute approximate surface area is 121 Å². The average Bonchev–Trinajstić information content (AvgIpc) is 2.73. The Morgan fingerprint density at radius 3 is 2.50 bits per heavy atom. The van der Waals surface area contributed by atoms with E-state index in [1.54, 1.807) is 0 Å². The van der Waals surface area contributed by atoms with E-state index < -0.39 is 0 Å². The lowest BCUT2D eigenvalue weighted by Crippen LogP contribution is -1.83. The number of rotatable bonds is 1. The Morgan fingerprint density at radius 1 is 1.06 bits per heavy atom. The van der Waals surface area contributed by atoms with Gasteiger partial charge in [0.15, 0.2) is 5.65 Å². The number of benzene rings is 1. The zero-order valence-electron chi connectivity index (χ0n) is 9.54. The summed E-state index contributed by atoms with van der Waals surface area (Å²) in [5, 5.41) is 0. The highest BCUT2D eigenvalue weighted by atomic mass is 79.9. The van der Waals surface area contributed by atoms with Crippen molar-refractivity contribution in [3.63, 3.8) is 0 Å². The summed E-state index contributed by atoms with van der Waals surface area (Å²) in [5.74, 6) is 0.836. The third-order valence-corrected chi connectivity index (χ3v) is 4.05. The Hall–Kier alpha value is -1.20. The molecule has 0 bridgehead atoms. The van der Waals surface area contributed by atoms with Gasteiger partial charge in [-0.3, -0.25) is 0 Å². The molecule has 1 N–H and O–H groups in total. The van der Waals surface area contributed by atoms with Crippen molar-refractivity contribution in [2.75, 3.05) is 0 Å². The maximum Gasteiger partial charge on any atom is 0.178 e. The molecule has 2 heterocycles. The second-order valence-corrected chi connectivity index (χ2v) is 5.79. The number of H-pyrrole nitrogens is 1. The SMILES string of the molecule is Cc1nc2nc(-c3ccc(Br)cc3)[nH]c2cc1Br. The number of imidazole rings is 1. The van der Waals surface area contributed by atoms with Crippen LogP contribution < -0.4 is 0 Å². The number of pyridine rings is 1. The Balaban J connectivity index is 2.16. The molecule has 0 aliphatic heterocycles. The van der Waals surface area contributed by atoms with E-state index >= 15 is 0 Å². The molecule has 0 radical (unpaired) electrons. The van der Waals surface area contributed by atoms with Crippen molar-refractivity contribution in [1.82, 2.24) is 15.0 Å². The van der Waals surface area contributed by atoms with E-state index in [9.17, 15) is 0 Å². The normalized spacial score (nSPS) is 11.1. The molecule has 90 valence electrons. The fourth-order valence-corrected chi connectivity index (χ4v) is 2.33. The number of nitrogens with zero attached hydrogens (tertiary/aromatic N) is 2. The second kappa shape index (κ2) is 4.48. The van der Waals surface area contributed by atoms with Gasteiger partial charge in [-0.1, -0.05) is 28.1 Å². The summed E-state index contributed by atoms with van der Waals surface area (Å²) in [5.41, 5.74) is 3.67. The molecular weight excluding hydrogens is 358 g/mol. The van der Waals surface area contributed by atoms with Crippen molar-refractivity contribution >= 4 is 43.0 Å². The highest BCUT2D eigenvalue weighted by Gasteiger charge is 2.08. The third-order valence-electron chi connectivity index (χ3n) is 2.72. The molecule has 3 nitrogen and oxygen atoms in total. The number of fused-ring (bicyclic) bond motifs is 1. The van der Waals surface area contributed by atoms with Crippen LogP contribution in [0.5, 0.6) is 0 Å². The van der Waals surface area contributed by atoms with Crippen LogP contribution in [0.15, 0.2) is 39.3 Å². The van der Waals surface area contributed by atoms with Gasteiger partial charge in [-0.05, 0) is 41.1 Å². The van der Waals surface area contributed by atoms with Gasteiger partial charge in [-0.25, -0.2) is 9.97 Å². The summed E-state index contributed by atoms with van der Waals surface area (Å²) >= 11 is 6.90. The van der Waals surface area contributed by atoms with Gasteiger partial charge in [-0.2, -0.15) is 0 Å². The lowest BCUT2D eigenvalue weighted by Gasteiger charge is -1.95. The lowest BCUT2D eigenvalue weighted by molar-refractivity contribution is 1.20. The van der Waals surface area contributed by atoms with E-state index in [1.807, 2.05) is 37.3 Å². The van der Waals surface area contributed by atoms with E-state index in [-0.39, 0.29) is 0 Å². The first kappa shape index (κ1) is 11.9. The van der Waals surface area contributed by atoms with Gasteiger partial charge >= 0.3 is 0 Å². The molecule has 2 aromatic heterocycles. The van der Waals surface area contributed by atoms with Crippen molar-refractivity contribution in [3.05, 3.63) is 45.0 Å². The third kappa shape index (κ3) is 2.08. The van der Waals surface area contributed by atoms with Crippen LogP contribution in [0.2, 0.25) is 0 Å². The molecule has 0 saturated heterocycles. The molecule has 3 rings (SSSR count). The van der Waals surface area contributed by atoms with E-state index in [0.29, 0.717) is 0 Å². The first-order valence-corrected chi connectivity index (χ1v) is 7.01. The molecule has 0 spiro atoms. The smallest absolute Gasteiger partial charge is 0.178 e. The van der Waals surface area contributed by atoms with Crippen molar-refractivity contribution in [2.45, 2.75) is 6.92 Å². The van der Waals surface area contributed by atoms with Crippen LogP contribution in [-0.2, 0) is 0 Å². The number of aryl methyl sites for hydroxylation is 1. The maximum absolute atomic E-state index is 4.51. The summed E-state index contributed by atoms with van der Waals surface area (Å²) in [7, 11) is 0. The largest absolute Gasteiger partial charge is 0.337 e. The van der Waals surface area contributed by atoms with Crippen molar-refractivity contribution in [2.24, 2.45) is 0 Å². The topological polar surface area (TPSA) is 41.6 Å². The van der Waals surface area contributed by atoms with Crippen LogP contribution in [-0.4, -0.2) is 15.0 Å². The molecule has 0 aliphatic rings. The Kier molecular flexibility index (Phi) is 2.95. The molecule has 1 aromatic carbocycles. The van der Waals surface area contributed by atoms with Crippen LogP contribution in [0.4, 0.5) is 0 Å². The Bertz CT molecular complexity index is 678. The molecule has 0 amide bonds. The number of hydrogen-bond donors (Lipinski definition) is 1. The van der Waals surface area contributed by atoms with Crippen molar-refractivity contribution in [1.29, 1.82) is 0 Å². The molecule has 0 saturated carbocycles. The van der Waals surface area contributed by atoms with Crippen molar-refractivity contribution < 1.29 is 0 Å². The minimum atomic E-state index is 0.744. The highest BCUT2D eigenvalue weighted by Crippen LogP contribution is 2.24. The van der Waals surface area contributed by atoms with Gasteiger partial charge in [0.1, 0.15) is 5.82 Å². The van der Waals surface area contributed by atoms with Crippen molar-refractivity contribution in [3.8, 4) is 11.4 Å². The molecule has 3 aromatic rings. The summed E-state index contributed by atoms with van der Waals surface area (Å²) in [4.78, 5) is 12.2. The number of nitrogens with one attached hydrogen (secondary N) is 1. The van der Waals surface area contributed by atoms with Crippen LogP contribution in [0, 0.1) is 6.92 Å². The quantitative estimate of drug-likeness (QED) is 0.690. The first-order valence-electron chi connectivity index (χ1n) is 5.42. The number of halogens is 2. The molecule has 18 heavy (non-hydrogen) atoms. The fraction of sp³-hybridized carbons (Fsp3) is 0.0769. The van der Waals surface area contributed by atoms with Gasteiger partial charge < -0.3 is 4.98 Å². The summed E-state index contributed by atoms with van der Waals surface area (Å²) < 4.78 is 2.04. The summed E-state index contributed by atoms with van der Waals surface area (Å²) in [6.45, 7) is 1.96. The monoisotopic (exact) mass is 365 g/mol. The molecular formula is C13H9Br2N3. The molecule has 0 aliphatic carbocycles. The molecule has 0 unspecified atom stereocenters. The van der Waals surface area contributed by atoms with Gasteiger partial charge in [0.25, 0.3) is 0 Å². The van der Waals surface area contributed by atoms with Gasteiger partial charge in [0, 0.05) is 14.5 Å². The number of aromatic amines is 1. The van der Waals surface area contributed by atoms with E-state index in [2.05, 4.69) is 46.8 Å². The maximum atomic E-state index is 4.51. The first-order chi connectivity index (χ1) is 8.63. The number of aromatic nitrogens is 3. The molecule has 0 atom stereocenters. The summed E-state index contributed by atoms with van der Waals surface area (Å²) in [6.07, 6.45) is 0. The fourth-order valence-electron chi connectivity index (χ4n) is 1.75. The molecule has 5 heteroatoms. The zero-order valence-corrected chi connectivity index (χ0v) is 12.7. The van der Waals surface area contributed by atoms with Crippen LogP contribution in [0.3, 0.4) is 0 Å². The predicted molar refractivity (Wildman–Crippen MR) is 79.5 cm³/mol. The van der Waals surface area contributed by atoms with E-state index in [1.165, 1.54) is 0 Å². The van der Waals surface area contributed by atoms with Gasteiger partial charge in [0.05, 0.1) is 11.2 Å². The van der Waals surface area contributed by atoms with Crippen LogP contribution >= 0.6 is 31.9 Å². The summed E-state index contributed by atoms with van der Waals surface area (Å²) in [6, 6.07) is 10.0. The predicted octanol–water partition coefficient (Wildman–Crippen LogP) is 4.46. The van der Waals surface area contributed by atoms with Gasteiger partial charge in [0.2, 0.25) is 0 Å². The average molecular weight is 367 g/mol. The minimum absolute atomic E-state index is 0.744. The highest BCUT2D eigenvalue weighted by molar-refractivity contribution is 9.10. The number of hydrogen-bond acceptors (Lipinski definition) is 2.